The number of hydrogen-bond donors (Lipinski definition) is 2. The van der Waals surface area contributed by atoms with Crippen LogP contribution >= 0.6 is 0 Å². The van der Waals surface area contributed by atoms with E-state index in [-0.39, 0.29) is 5.82 Å². The summed E-state index contributed by atoms with van der Waals surface area (Å²) in [6.45, 7) is 3.00. The Labute approximate surface area is 145 Å². The van der Waals surface area contributed by atoms with Gasteiger partial charge in [-0.1, -0.05) is 24.3 Å². The first-order valence-corrected chi connectivity index (χ1v) is 7.91. The lowest BCUT2D eigenvalue weighted by atomic mass is 10.2. The summed E-state index contributed by atoms with van der Waals surface area (Å²) in [5, 5.41) is 14.2. The standard InChI is InChI=1S/C18H18FN5O/c1-2-25-16-6-4-3-5-15(16)22-18-23-17(12-21-24-18)20-11-13-7-9-14(19)10-8-13/h3-10,12H,2,11H2,1H3,(H2,20,22,23,24). The zero-order chi connectivity index (χ0) is 17.5. The molecule has 1 heterocycles. The highest BCUT2D eigenvalue weighted by Gasteiger charge is 2.06. The van der Waals surface area contributed by atoms with Gasteiger partial charge in [-0.15, -0.1) is 5.10 Å². The Morgan fingerprint density at radius 3 is 2.68 bits per heavy atom. The molecular formula is C18H18FN5O. The molecule has 0 saturated carbocycles. The quantitative estimate of drug-likeness (QED) is 0.683. The summed E-state index contributed by atoms with van der Waals surface area (Å²) in [6, 6.07) is 13.8. The zero-order valence-electron chi connectivity index (χ0n) is 13.7. The highest BCUT2D eigenvalue weighted by molar-refractivity contribution is 5.62. The second-order valence-corrected chi connectivity index (χ2v) is 5.20. The van der Waals surface area contributed by atoms with Gasteiger partial charge in [0.2, 0.25) is 5.95 Å². The van der Waals surface area contributed by atoms with Crippen LogP contribution in [0.15, 0.2) is 54.7 Å². The van der Waals surface area contributed by atoms with Crippen LogP contribution in [-0.2, 0) is 6.54 Å². The van der Waals surface area contributed by atoms with Crippen molar-refractivity contribution in [3.8, 4) is 5.75 Å². The van der Waals surface area contributed by atoms with Crippen LogP contribution in [0.2, 0.25) is 0 Å². The molecule has 0 amide bonds. The first kappa shape index (κ1) is 16.6. The third kappa shape index (κ3) is 4.63. The van der Waals surface area contributed by atoms with Crippen LogP contribution in [0.25, 0.3) is 0 Å². The number of benzene rings is 2. The van der Waals surface area contributed by atoms with Gasteiger partial charge in [0.15, 0.2) is 5.82 Å². The van der Waals surface area contributed by atoms with Crippen LogP contribution in [0.4, 0.5) is 21.8 Å². The fourth-order valence-corrected chi connectivity index (χ4v) is 2.21. The fourth-order valence-electron chi connectivity index (χ4n) is 2.21. The van der Waals surface area contributed by atoms with E-state index < -0.39 is 0 Å². The summed E-state index contributed by atoms with van der Waals surface area (Å²) in [7, 11) is 0. The summed E-state index contributed by atoms with van der Waals surface area (Å²) < 4.78 is 18.5. The van der Waals surface area contributed by atoms with Crippen molar-refractivity contribution < 1.29 is 9.13 Å². The molecule has 0 spiro atoms. The minimum Gasteiger partial charge on any atom is -0.492 e. The van der Waals surface area contributed by atoms with E-state index in [1.807, 2.05) is 31.2 Å². The van der Waals surface area contributed by atoms with E-state index in [0.29, 0.717) is 24.9 Å². The van der Waals surface area contributed by atoms with Gasteiger partial charge in [-0.25, -0.2) is 4.39 Å². The maximum atomic E-state index is 12.9. The van der Waals surface area contributed by atoms with Gasteiger partial charge >= 0.3 is 0 Å². The van der Waals surface area contributed by atoms with Gasteiger partial charge in [-0.3, -0.25) is 0 Å². The number of nitrogens with zero attached hydrogens (tertiary/aromatic N) is 3. The zero-order valence-corrected chi connectivity index (χ0v) is 13.7. The van der Waals surface area contributed by atoms with Crippen LogP contribution < -0.4 is 15.4 Å². The molecule has 0 aliphatic heterocycles. The Hall–Kier alpha value is -3.22. The molecule has 3 aromatic rings. The second kappa shape index (κ2) is 8.05. The number of nitrogens with one attached hydrogen (secondary N) is 2. The maximum Gasteiger partial charge on any atom is 0.249 e. The number of hydrogen-bond acceptors (Lipinski definition) is 6. The molecule has 1 aromatic heterocycles. The lowest BCUT2D eigenvalue weighted by Gasteiger charge is -2.11. The van der Waals surface area contributed by atoms with Gasteiger partial charge in [0, 0.05) is 6.54 Å². The molecule has 3 rings (SSSR count). The van der Waals surface area contributed by atoms with Gasteiger partial charge in [0.05, 0.1) is 18.5 Å². The number of anilines is 3. The first-order chi connectivity index (χ1) is 12.2. The minimum absolute atomic E-state index is 0.257. The summed E-state index contributed by atoms with van der Waals surface area (Å²) >= 11 is 0. The normalized spacial score (nSPS) is 10.3. The van der Waals surface area contributed by atoms with E-state index in [9.17, 15) is 4.39 Å². The molecule has 6 nitrogen and oxygen atoms in total. The highest BCUT2D eigenvalue weighted by Crippen LogP contribution is 2.26. The third-order valence-electron chi connectivity index (χ3n) is 3.38. The van der Waals surface area contributed by atoms with E-state index in [2.05, 4.69) is 25.8 Å². The number of aromatic nitrogens is 3. The van der Waals surface area contributed by atoms with E-state index in [1.54, 1.807) is 12.1 Å². The van der Waals surface area contributed by atoms with Crippen molar-refractivity contribution in [2.45, 2.75) is 13.5 Å². The number of rotatable bonds is 7. The molecule has 0 saturated heterocycles. The predicted molar refractivity (Wildman–Crippen MR) is 94.4 cm³/mol. The molecule has 0 aliphatic carbocycles. The van der Waals surface area contributed by atoms with Crippen molar-refractivity contribution in [1.29, 1.82) is 0 Å². The monoisotopic (exact) mass is 339 g/mol. The van der Waals surface area contributed by atoms with Crippen molar-refractivity contribution in [3.63, 3.8) is 0 Å². The van der Waals surface area contributed by atoms with Gasteiger partial charge in [0.25, 0.3) is 0 Å². The van der Waals surface area contributed by atoms with Crippen molar-refractivity contribution in [2.24, 2.45) is 0 Å². The van der Waals surface area contributed by atoms with Crippen LogP contribution in [0.1, 0.15) is 12.5 Å². The SMILES string of the molecule is CCOc1ccccc1Nc1nncc(NCc2ccc(F)cc2)n1. The molecule has 0 atom stereocenters. The molecule has 0 aliphatic rings. The van der Waals surface area contributed by atoms with E-state index in [0.717, 1.165) is 17.0 Å². The lowest BCUT2D eigenvalue weighted by molar-refractivity contribution is 0.342. The minimum atomic E-state index is -0.257. The highest BCUT2D eigenvalue weighted by atomic mass is 19.1. The maximum absolute atomic E-state index is 12.9. The van der Waals surface area contributed by atoms with Crippen LogP contribution in [0, 0.1) is 5.82 Å². The molecule has 7 heteroatoms. The van der Waals surface area contributed by atoms with Gasteiger partial charge < -0.3 is 15.4 Å². The summed E-state index contributed by atoms with van der Waals surface area (Å²) in [4.78, 5) is 4.38. The summed E-state index contributed by atoms with van der Waals surface area (Å²) in [6.07, 6.45) is 1.53. The number of ether oxygens (including phenoxy) is 1. The molecule has 0 radical (unpaired) electrons. The van der Waals surface area contributed by atoms with Crippen molar-refractivity contribution in [2.75, 3.05) is 17.2 Å². The smallest absolute Gasteiger partial charge is 0.249 e. The van der Waals surface area contributed by atoms with Crippen LogP contribution in [0.3, 0.4) is 0 Å². The van der Waals surface area contributed by atoms with Crippen molar-refractivity contribution >= 4 is 17.5 Å². The second-order valence-electron chi connectivity index (χ2n) is 5.20. The average molecular weight is 339 g/mol. The van der Waals surface area contributed by atoms with Gasteiger partial charge in [0.1, 0.15) is 11.6 Å². The van der Waals surface area contributed by atoms with Crippen molar-refractivity contribution in [3.05, 3.63) is 66.1 Å². The third-order valence-corrected chi connectivity index (χ3v) is 3.38. The molecule has 0 bridgehead atoms. The molecule has 128 valence electrons. The molecule has 2 aromatic carbocycles. The van der Waals surface area contributed by atoms with Crippen molar-refractivity contribution in [1.82, 2.24) is 15.2 Å². The van der Waals surface area contributed by atoms with Gasteiger partial charge in [-0.05, 0) is 36.8 Å². The summed E-state index contributed by atoms with van der Waals surface area (Å²) in [5.74, 6) is 1.39. The fraction of sp³-hybridized carbons (Fsp3) is 0.167. The summed E-state index contributed by atoms with van der Waals surface area (Å²) in [5.41, 5.74) is 1.71. The number of halogens is 1. The molecule has 2 N–H and O–H groups in total. The number of para-hydroxylation sites is 2. The molecule has 0 fully saturated rings. The van der Waals surface area contributed by atoms with E-state index >= 15 is 0 Å². The lowest BCUT2D eigenvalue weighted by Crippen LogP contribution is -2.06. The average Bonchev–Trinajstić information content (AvgIpc) is 2.63. The first-order valence-electron chi connectivity index (χ1n) is 7.91. The molecular weight excluding hydrogens is 321 g/mol. The van der Waals surface area contributed by atoms with E-state index in [4.69, 9.17) is 4.74 Å². The van der Waals surface area contributed by atoms with Crippen LogP contribution in [0.5, 0.6) is 5.75 Å². The Morgan fingerprint density at radius 2 is 1.88 bits per heavy atom. The topological polar surface area (TPSA) is 72.0 Å². The Balaban J connectivity index is 1.68. The predicted octanol–water partition coefficient (Wildman–Crippen LogP) is 3.77. The Morgan fingerprint density at radius 1 is 1.08 bits per heavy atom. The Bertz CT molecular complexity index is 826. The largest absolute Gasteiger partial charge is 0.492 e. The molecule has 25 heavy (non-hydrogen) atoms. The Kier molecular flexibility index (Phi) is 5.36. The van der Waals surface area contributed by atoms with Crippen LogP contribution in [-0.4, -0.2) is 21.8 Å². The van der Waals surface area contributed by atoms with E-state index in [1.165, 1.54) is 18.3 Å². The molecule has 0 unspecified atom stereocenters. The van der Waals surface area contributed by atoms with Gasteiger partial charge in [-0.2, -0.15) is 10.1 Å².